The smallest absolute Gasteiger partial charge is 0.344 e. The van der Waals surface area contributed by atoms with Crippen LogP contribution in [0.4, 0.5) is 0 Å². The van der Waals surface area contributed by atoms with Crippen molar-refractivity contribution < 1.29 is 19.4 Å². The van der Waals surface area contributed by atoms with Crippen LogP contribution in [0, 0.1) is 0 Å². The number of methoxy groups -OCH3 is 1. The van der Waals surface area contributed by atoms with Gasteiger partial charge >= 0.3 is 5.97 Å². The summed E-state index contributed by atoms with van der Waals surface area (Å²) in [6, 6.07) is 5.39. The minimum Gasteiger partial charge on any atom is -0.493 e. The molecular weight excluding hydrogens is 222 g/mol. The molecule has 0 heterocycles. The van der Waals surface area contributed by atoms with Crippen molar-refractivity contribution in [2.75, 3.05) is 13.7 Å². The molecule has 94 valence electrons. The van der Waals surface area contributed by atoms with Crippen LogP contribution in [0.1, 0.15) is 12.5 Å². The maximum atomic E-state index is 10.8. The van der Waals surface area contributed by atoms with Gasteiger partial charge in [0.2, 0.25) is 0 Å². The molecule has 0 aliphatic carbocycles. The van der Waals surface area contributed by atoms with Crippen molar-refractivity contribution in [1.82, 2.24) is 0 Å². The molecular formula is C12H17NO4. The third-order valence-electron chi connectivity index (χ3n) is 2.34. The fourth-order valence-electron chi connectivity index (χ4n) is 1.44. The summed E-state index contributed by atoms with van der Waals surface area (Å²) in [5, 5.41) is 8.84. The van der Waals surface area contributed by atoms with Gasteiger partial charge in [0.1, 0.15) is 0 Å². The van der Waals surface area contributed by atoms with E-state index in [1.165, 1.54) is 14.0 Å². The molecule has 0 aromatic heterocycles. The predicted octanol–water partition coefficient (Wildman–Crippen LogP) is 1.05. The molecule has 0 amide bonds. The first-order valence-electron chi connectivity index (χ1n) is 5.35. The summed E-state index contributed by atoms with van der Waals surface area (Å²) in [6.07, 6.45) is -0.318. The number of carbonyl (C=O) groups is 1. The maximum Gasteiger partial charge on any atom is 0.344 e. The molecule has 1 unspecified atom stereocenters. The molecule has 5 heteroatoms. The quantitative estimate of drug-likeness (QED) is 0.775. The molecule has 0 bridgehead atoms. The first kappa shape index (κ1) is 13.3. The van der Waals surface area contributed by atoms with Gasteiger partial charge < -0.3 is 20.3 Å². The Hall–Kier alpha value is -1.75. The summed E-state index contributed by atoms with van der Waals surface area (Å²) in [7, 11) is 1.51. The Morgan fingerprint density at radius 2 is 2.24 bits per heavy atom. The molecule has 5 nitrogen and oxygen atoms in total. The first-order chi connectivity index (χ1) is 8.10. The highest BCUT2D eigenvalue weighted by atomic mass is 16.5. The summed E-state index contributed by atoms with van der Waals surface area (Å²) in [4.78, 5) is 10.8. The van der Waals surface area contributed by atoms with Crippen LogP contribution in [0.15, 0.2) is 18.2 Å². The zero-order valence-electron chi connectivity index (χ0n) is 9.97. The van der Waals surface area contributed by atoms with E-state index in [1.807, 2.05) is 12.1 Å². The lowest BCUT2D eigenvalue weighted by molar-refractivity contribution is -0.144. The average molecular weight is 239 g/mol. The SMILES string of the molecule is COc1cccc(CCN)c1OC(C)C(=O)O. The van der Waals surface area contributed by atoms with Crippen LogP contribution in [0.5, 0.6) is 11.5 Å². The lowest BCUT2D eigenvalue weighted by atomic mass is 10.1. The largest absolute Gasteiger partial charge is 0.493 e. The molecule has 1 atom stereocenters. The van der Waals surface area contributed by atoms with Gasteiger partial charge in [-0.15, -0.1) is 0 Å². The Labute approximate surface area is 100 Å². The average Bonchev–Trinajstić information content (AvgIpc) is 2.31. The number of aliphatic carboxylic acids is 1. The number of carboxylic acid groups (broad SMARTS) is 1. The highest BCUT2D eigenvalue weighted by Gasteiger charge is 2.17. The third-order valence-corrected chi connectivity index (χ3v) is 2.34. The van der Waals surface area contributed by atoms with Gasteiger partial charge in [0.25, 0.3) is 0 Å². The number of carboxylic acids is 1. The van der Waals surface area contributed by atoms with E-state index < -0.39 is 12.1 Å². The summed E-state index contributed by atoms with van der Waals surface area (Å²) in [5.41, 5.74) is 6.35. The van der Waals surface area contributed by atoms with E-state index in [0.717, 1.165) is 5.56 Å². The minimum absolute atomic E-state index is 0.454. The molecule has 17 heavy (non-hydrogen) atoms. The standard InChI is InChI=1S/C12H17NO4/c1-8(12(14)15)17-11-9(6-7-13)4-3-5-10(11)16-2/h3-5,8H,6-7,13H2,1-2H3,(H,14,15). The van der Waals surface area contributed by atoms with Crippen LogP contribution in [-0.4, -0.2) is 30.8 Å². The first-order valence-corrected chi connectivity index (χ1v) is 5.35. The molecule has 0 fully saturated rings. The topological polar surface area (TPSA) is 81.8 Å². The van der Waals surface area contributed by atoms with Gasteiger partial charge in [-0.05, 0) is 31.5 Å². The van der Waals surface area contributed by atoms with Crippen LogP contribution in [0.3, 0.4) is 0 Å². The highest BCUT2D eigenvalue weighted by Crippen LogP contribution is 2.32. The second kappa shape index (κ2) is 6.10. The predicted molar refractivity (Wildman–Crippen MR) is 63.5 cm³/mol. The van der Waals surface area contributed by atoms with E-state index in [4.69, 9.17) is 20.3 Å². The van der Waals surface area contributed by atoms with E-state index in [0.29, 0.717) is 24.5 Å². The normalized spacial score (nSPS) is 11.9. The fraction of sp³-hybridized carbons (Fsp3) is 0.417. The van der Waals surface area contributed by atoms with Crippen molar-refractivity contribution >= 4 is 5.97 Å². The highest BCUT2D eigenvalue weighted by molar-refractivity contribution is 5.72. The molecule has 0 saturated carbocycles. The molecule has 0 radical (unpaired) electrons. The van der Waals surface area contributed by atoms with Gasteiger partial charge in [-0.25, -0.2) is 4.79 Å². The number of rotatable bonds is 6. The summed E-state index contributed by atoms with van der Waals surface area (Å²) in [5.74, 6) is -0.0472. The van der Waals surface area contributed by atoms with Crippen molar-refractivity contribution in [3.8, 4) is 11.5 Å². The third kappa shape index (κ3) is 3.35. The molecule has 3 N–H and O–H groups in total. The number of hydrogen-bond acceptors (Lipinski definition) is 4. The summed E-state index contributed by atoms with van der Waals surface area (Å²) < 4.78 is 10.6. The van der Waals surface area contributed by atoms with Gasteiger partial charge in [-0.2, -0.15) is 0 Å². The van der Waals surface area contributed by atoms with E-state index >= 15 is 0 Å². The molecule has 0 aliphatic heterocycles. The van der Waals surface area contributed by atoms with Crippen molar-refractivity contribution in [2.24, 2.45) is 5.73 Å². The Morgan fingerprint density at radius 3 is 2.76 bits per heavy atom. The zero-order chi connectivity index (χ0) is 12.8. The zero-order valence-corrected chi connectivity index (χ0v) is 9.97. The number of nitrogens with two attached hydrogens (primary N) is 1. The van der Waals surface area contributed by atoms with Crippen molar-refractivity contribution in [1.29, 1.82) is 0 Å². The second-order valence-corrected chi connectivity index (χ2v) is 3.59. The Bertz CT molecular complexity index is 392. The van der Waals surface area contributed by atoms with Crippen LogP contribution < -0.4 is 15.2 Å². The van der Waals surface area contributed by atoms with E-state index in [1.54, 1.807) is 6.07 Å². The Balaban J connectivity index is 3.03. The van der Waals surface area contributed by atoms with E-state index in [2.05, 4.69) is 0 Å². The number of ether oxygens (including phenoxy) is 2. The number of benzene rings is 1. The lowest BCUT2D eigenvalue weighted by Gasteiger charge is -2.17. The van der Waals surface area contributed by atoms with Gasteiger partial charge in [0.15, 0.2) is 17.6 Å². The summed E-state index contributed by atoms with van der Waals surface area (Å²) in [6.45, 7) is 1.94. The number of para-hydroxylation sites is 1. The van der Waals surface area contributed by atoms with Crippen molar-refractivity contribution in [3.63, 3.8) is 0 Å². The van der Waals surface area contributed by atoms with Crippen molar-refractivity contribution in [2.45, 2.75) is 19.4 Å². The molecule has 0 saturated heterocycles. The van der Waals surface area contributed by atoms with Crippen LogP contribution in [0.25, 0.3) is 0 Å². The molecule has 1 rings (SSSR count). The number of hydrogen-bond donors (Lipinski definition) is 2. The fourth-order valence-corrected chi connectivity index (χ4v) is 1.44. The lowest BCUT2D eigenvalue weighted by Crippen LogP contribution is -2.24. The van der Waals surface area contributed by atoms with Crippen LogP contribution in [0.2, 0.25) is 0 Å². The maximum absolute atomic E-state index is 10.8. The monoisotopic (exact) mass is 239 g/mol. The minimum atomic E-state index is -1.02. The van der Waals surface area contributed by atoms with E-state index in [9.17, 15) is 4.79 Å². The van der Waals surface area contributed by atoms with E-state index in [-0.39, 0.29) is 0 Å². The molecule has 0 spiro atoms. The van der Waals surface area contributed by atoms with Crippen LogP contribution in [-0.2, 0) is 11.2 Å². The second-order valence-electron chi connectivity index (χ2n) is 3.59. The molecule has 1 aromatic carbocycles. The Morgan fingerprint density at radius 1 is 1.53 bits per heavy atom. The van der Waals surface area contributed by atoms with Crippen molar-refractivity contribution in [3.05, 3.63) is 23.8 Å². The molecule has 0 aliphatic rings. The van der Waals surface area contributed by atoms with Gasteiger partial charge in [0, 0.05) is 0 Å². The van der Waals surface area contributed by atoms with Gasteiger partial charge in [-0.3, -0.25) is 0 Å². The Kier molecular flexibility index (Phi) is 4.78. The molecule has 1 aromatic rings. The van der Waals surface area contributed by atoms with Gasteiger partial charge in [0.05, 0.1) is 7.11 Å². The van der Waals surface area contributed by atoms with Crippen LogP contribution >= 0.6 is 0 Å². The summed E-state index contributed by atoms with van der Waals surface area (Å²) >= 11 is 0. The van der Waals surface area contributed by atoms with Gasteiger partial charge in [-0.1, -0.05) is 12.1 Å².